The molecule has 138 valence electrons. The zero-order valence-electron chi connectivity index (χ0n) is 14.9. The Bertz CT molecular complexity index is 797. The summed E-state index contributed by atoms with van der Waals surface area (Å²) < 4.78 is 6.90. The quantitative estimate of drug-likeness (QED) is 0.752. The third kappa shape index (κ3) is 3.67. The van der Waals surface area contributed by atoms with Crippen LogP contribution in [0.4, 0.5) is 5.95 Å². The summed E-state index contributed by atoms with van der Waals surface area (Å²) in [6.07, 6.45) is 7.31. The third-order valence-corrected chi connectivity index (χ3v) is 5.13. The molecule has 2 atom stereocenters. The molecule has 26 heavy (non-hydrogen) atoms. The van der Waals surface area contributed by atoms with Gasteiger partial charge in [-0.25, -0.2) is 19.4 Å². The number of anilines is 1. The number of fused-ring (bicyclic) bond motifs is 1. The predicted octanol–water partition coefficient (Wildman–Crippen LogP) is -0.0551. The van der Waals surface area contributed by atoms with E-state index in [-0.39, 0.29) is 0 Å². The van der Waals surface area contributed by atoms with Gasteiger partial charge in [0.2, 0.25) is 11.8 Å². The maximum absolute atomic E-state index is 11.5. The fraction of sp³-hybridized carbons (Fsp3) is 0.588. The highest BCUT2D eigenvalue weighted by molar-refractivity contribution is 5.30. The van der Waals surface area contributed by atoms with E-state index in [1.165, 1.54) is 10.9 Å². The Kier molecular flexibility index (Phi) is 4.79. The Labute approximate surface area is 151 Å². The number of rotatable bonds is 4. The summed E-state index contributed by atoms with van der Waals surface area (Å²) in [7, 11) is 1.57. The van der Waals surface area contributed by atoms with Gasteiger partial charge in [0.15, 0.2) is 0 Å². The number of hydrogen-bond donors (Lipinski definition) is 0. The average molecular weight is 357 g/mol. The lowest BCUT2D eigenvalue weighted by atomic mass is 9.91. The molecule has 0 amide bonds. The standard InChI is InChI=1S/C17H23N7O2/c1-22-17(25)21-15(9-20-22)26-12-13-3-4-14-11-24(8-7-23(14)10-13)16-18-5-2-6-19-16/h2,5-6,9,13-14H,3-4,7-8,10-12H2,1H3/t13-,14-/m0/s1. The van der Waals surface area contributed by atoms with Crippen LogP contribution in [0.15, 0.2) is 29.5 Å². The Balaban J connectivity index is 1.30. The fourth-order valence-corrected chi connectivity index (χ4v) is 3.68. The highest BCUT2D eigenvalue weighted by Crippen LogP contribution is 2.26. The van der Waals surface area contributed by atoms with Gasteiger partial charge in [0.05, 0.1) is 6.61 Å². The summed E-state index contributed by atoms with van der Waals surface area (Å²) in [4.78, 5) is 28.9. The van der Waals surface area contributed by atoms with Crippen molar-refractivity contribution in [2.45, 2.75) is 18.9 Å². The smallest absolute Gasteiger partial charge is 0.366 e. The van der Waals surface area contributed by atoms with Gasteiger partial charge in [0.25, 0.3) is 0 Å². The Hall–Kier alpha value is -2.55. The highest BCUT2D eigenvalue weighted by Gasteiger charge is 2.33. The van der Waals surface area contributed by atoms with Crippen molar-refractivity contribution in [3.05, 3.63) is 35.1 Å². The highest BCUT2D eigenvalue weighted by atomic mass is 16.5. The number of aryl methyl sites for hydroxylation is 1. The van der Waals surface area contributed by atoms with Crippen molar-refractivity contribution in [1.82, 2.24) is 29.6 Å². The number of piperidine rings is 1. The Morgan fingerprint density at radius 2 is 2.04 bits per heavy atom. The van der Waals surface area contributed by atoms with Crippen molar-refractivity contribution < 1.29 is 4.74 Å². The molecule has 0 unspecified atom stereocenters. The van der Waals surface area contributed by atoms with Gasteiger partial charge >= 0.3 is 5.69 Å². The van der Waals surface area contributed by atoms with E-state index in [0.717, 1.165) is 45.0 Å². The van der Waals surface area contributed by atoms with Gasteiger partial charge in [-0.15, -0.1) is 0 Å². The van der Waals surface area contributed by atoms with Gasteiger partial charge < -0.3 is 9.64 Å². The largest absolute Gasteiger partial charge is 0.476 e. The molecule has 4 rings (SSSR count). The second-order valence-electron chi connectivity index (χ2n) is 6.90. The molecule has 9 heteroatoms. The molecular formula is C17H23N7O2. The molecule has 0 bridgehead atoms. The topological polar surface area (TPSA) is 89.3 Å². The molecule has 0 spiro atoms. The summed E-state index contributed by atoms with van der Waals surface area (Å²) in [6, 6.07) is 2.38. The molecule has 2 aliphatic heterocycles. The van der Waals surface area contributed by atoms with Crippen molar-refractivity contribution in [2.75, 3.05) is 37.7 Å². The van der Waals surface area contributed by atoms with Gasteiger partial charge in [-0.2, -0.15) is 10.1 Å². The van der Waals surface area contributed by atoms with E-state index in [0.29, 0.717) is 24.4 Å². The molecule has 0 radical (unpaired) electrons. The molecule has 9 nitrogen and oxygen atoms in total. The summed E-state index contributed by atoms with van der Waals surface area (Å²) >= 11 is 0. The first-order chi connectivity index (χ1) is 12.7. The molecule has 2 aromatic rings. The molecule has 4 heterocycles. The second kappa shape index (κ2) is 7.36. The van der Waals surface area contributed by atoms with Crippen LogP contribution in [0, 0.1) is 5.92 Å². The van der Waals surface area contributed by atoms with Gasteiger partial charge in [0, 0.05) is 57.6 Å². The van der Waals surface area contributed by atoms with Gasteiger partial charge in [-0.3, -0.25) is 4.90 Å². The van der Waals surface area contributed by atoms with E-state index in [4.69, 9.17) is 4.74 Å². The van der Waals surface area contributed by atoms with Crippen LogP contribution in [0.2, 0.25) is 0 Å². The zero-order chi connectivity index (χ0) is 17.9. The van der Waals surface area contributed by atoms with Crippen LogP contribution >= 0.6 is 0 Å². The molecule has 2 aromatic heterocycles. The predicted molar refractivity (Wildman–Crippen MR) is 95.1 cm³/mol. The van der Waals surface area contributed by atoms with E-state index in [1.54, 1.807) is 19.4 Å². The minimum absolute atomic E-state index is 0.307. The molecule has 0 N–H and O–H groups in total. The summed E-state index contributed by atoms with van der Waals surface area (Å²) in [5, 5.41) is 3.93. The number of piperazine rings is 1. The first-order valence-electron chi connectivity index (χ1n) is 8.98. The number of ether oxygens (including phenoxy) is 1. The van der Waals surface area contributed by atoms with Crippen LogP contribution in [0.25, 0.3) is 0 Å². The Morgan fingerprint density at radius 3 is 2.85 bits per heavy atom. The van der Waals surface area contributed by atoms with Crippen LogP contribution in [0.5, 0.6) is 5.88 Å². The molecule has 2 aliphatic rings. The normalized spacial score (nSPS) is 23.5. The van der Waals surface area contributed by atoms with Crippen LogP contribution in [-0.2, 0) is 7.05 Å². The van der Waals surface area contributed by atoms with Crippen LogP contribution in [-0.4, -0.2) is 68.5 Å². The second-order valence-corrected chi connectivity index (χ2v) is 6.90. The minimum Gasteiger partial charge on any atom is -0.476 e. The van der Waals surface area contributed by atoms with E-state index < -0.39 is 5.69 Å². The molecule has 0 aliphatic carbocycles. The minimum atomic E-state index is -0.398. The van der Waals surface area contributed by atoms with Crippen molar-refractivity contribution in [2.24, 2.45) is 13.0 Å². The first-order valence-corrected chi connectivity index (χ1v) is 8.98. The van der Waals surface area contributed by atoms with E-state index in [2.05, 4.69) is 29.9 Å². The molecule has 0 aromatic carbocycles. The third-order valence-electron chi connectivity index (χ3n) is 5.13. The average Bonchev–Trinajstić information content (AvgIpc) is 2.69. The van der Waals surface area contributed by atoms with Crippen molar-refractivity contribution in [3.63, 3.8) is 0 Å². The van der Waals surface area contributed by atoms with Gasteiger partial charge in [-0.05, 0) is 18.9 Å². The summed E-state index contributed by atoms with van der Waals surface area (Å²) in [5.74, 6) is 1.57. The first kappa shape index (κ1) is 16.9. The molecule has 2 fully saturated rings. The number of aromatic nitrogens is 5. The monoisotopic (exact) mass is 357 g/mol. The van der Waals surface area contributed by atoms with Crippen LogP contribution in [0.1, 0.15) is 12.8 Å². The maximum Gasteiger partial charge on any atom is 0.366 e. The fourth-order valence-electron chi connectivity index (χ4n) is 3.68. The summed E-state index contributed by atoms with van der Waals surface area (Å²) in [6.45, 7) is 4.49. The van der Waals surface area contributed by atoms with Crippen LogP contribution < -0.4 is 15.3 Å². The molecular weight excluding hydrogens is 334 g/mol. The van der Waals surface area contributed by atoms with Gasteiger partial charge in [-0.1, -0.05) is 0 Å². The van der Waals surface area contributed by atoms with Crippen molar-refractivity contribution in [3.8, 4) is 5.88 Å². The van der Waals surface area contributed by atoms with Crippen LogP contribution in [0.3, 0.4) is 0 Å². The number of nitrogens with zero attached hydrogens (tertiary/aromatic N) is 7. The molecule has 0 saturated carbocycles. The lowest BCUT2D eigenvalue weighted by Crippen LogP contribution is -2.57. The molecule has 2 saturated heterocycles. The van der Waals surface area contributed by atoms with Gasteiger partial charge in [0.1, 0.15) is 6.20 Å². The van der Waals surface area contributed by atoms with E-state index in [1.807, 2.05) is 6.07 Å². The van der Waals surface area contributed by atoms with E-state index >= 15 is 0 Å². The van der Waals surface area contributed by atoms with Crippen molar-refractivity contribution >= 4 is 5.95 Å². The lowest BCUT2D eigenvalue weighted by Gasteiger charge is -2.46. The Morgan fingerprint density at radius 1 is 1.19 bits per heavy atom. The lowest BCUT2D eigenvalue weighted by molar-refractivity contribution is 0.0712. The van der Waals surface area contributed by atoms with Crippen molar-refractivity contribution in [1.29, 1.82) is 0 Å². The summed E-state index contributed by atoms with van der Waals surface area (Å²) in [5.41, 5.74) is -0.398. The van der Waals surface area contributed by atoms with E-state index in [9.17, 15) is 4.79 Å². The maximum atomic E-state index is 11.5. The SMILES string of the molecule is Cn1ncc(OC[C@H]2CC[C@H]3CN(c4ncccn4)CCN3C2)nc1=O. The number of hydrogen-bond acceptors (Lipinski definition) is 8. The zero-order valence-corrected chi connectivity index (χ0v) is 14.9.